The number of rotatable bonds is 5. The molecule has 2 aliphatic rings. The fraction of sp³-hybridized carbons (Fsp3) is 0.364. The Bertz CT molecular complexity index is 842. The molecule has 6 heteroatoms. The number of nitrogens with zero attached hydrogens (tertiary/aromatic N) is 1. The highest BCUT2D eigenvalue weighted by Crippen LogP contribution is 2.33. The number of likely N-dealkylation sites (tertiary alicyclic amines) is 1. The van der Waals surface area contributed by atoms with E-state index in [1.807, 2.05) is 41.3 Å². The summed E-state index contributed by atoms with van der Waals surface area (Å²) in [6.07, 6.45) is 3.58. The summed E-state index contributed by atoms with van der Waals surface area (Å²) in [6, 6.07) is 16.2. The highest BCUT2D eigenvalue weighted by molar-refractivity contribution is 9.10. The summed E-state index contributed by atoms with van der Waals surface area (Å²) in [5.74, 6) is 0.601. The lowest BCUT2D eigenvalue weighted by molar-refractivity contribution is -0.135. The fourth-order valence-electron chi connectivity index (χ4n) is 3.44. The molecule has 1 N–H and O–H groups in total. The van der Waals surface area contributed by atoms with Crippen LogP contribution in [0.15, 0.2) is 62.8 Å². The molecule has 4 rings (SSSR count). The van der Waals surface area contributed by atoms with E-state index < -0.39 is 0 Å². The highest BCUT2D eigenvalue weighted by atomic mass is 79.9. The van der Waals surface area contributed by atoms with E-state index in [0.717, 1.165) is 40.7 Å². The minimum Gasteiger partial charge on any atom is -0.342 e. The van der Waals surface area contributed by atoms with E-state index >= 15 is 0 Å². The normalized spacial score (nSPS) is 17.4. The fourth-order valence-corrected chi connectivity index (χ4v) is 4.52. The third-order valence-corrected chi connectivity index (χ3v) is 6.82. The lowest BCUT2D eigenvalue weighted by Crippen LogP contribution is -2.42. The van der Waals surface area contributed by atoms with Crippen molar-refractivity contribution in [2.45, 2.75) is 35.5 Å². The predicted octanol–water partition coefficient (Wildman–Crippen LogP) is 5.19. The van der Waals surface area contributed by atoms with Crippen LogP contribution in [0.25, 0.3) is 0 Å². The molecular formula is C22H23BrN2O2S. The molecule has 0 bridgehead atoms. The van der Waals surface area contributed by atoms with Crippen molar-refractivity contribution >= 4 is 45.2 Å². The Kier molecular flexibility index (Phi) is 6.07. The molecule has 0 aromatic heterocycles. The standard InChI is InChI=1S/C22H23BrN2O2S/c23-17-3-7-19(8-4-17)28-20-9-5-18(6-10-20)24-21(26)15-11-13-25(14-12-15)22(27)16-1-2-16/h3-10,15-16H,1-2,11-14H2,(H,24,26). The Morgan fingerprint density at radius 2 is 1.43 bits per heavy atom. The number of halogens is 1. The van der Waals surface area contributed by atoms with Crippen molar-refractivity contribution in [3.8, 4) is 0 Å². The van der Waals surface area contributed by atoms with E-state index in [1.54, 1.807) is 11.8 Å². The lowest BCUT2D eigenvalue weighted by atomic mass is 9.95. The van der Waals surface area contributed by atoms with Gasteiger partial charge >= 0.3 is 0 Å². The molecule has 0 radical (unpaired) electrons. The first kappa shape index (κ1) is 19.5. The molecule has 1 saturated carbocycles. The van der Waals surface area contributed by atoms with Gasteiger partial charge in [0.05, 0.1) is 0 Å². The van der Waals surface area contributed by atoms with Gasteiger partial charge in [0.25, 0.3) is 0 Å². The van der Waals surface area contributed by atoms with Crippen LogP contribution in [0.4, 0.5) is 5.69 Å². The first-order valence-electron chi connectivity index (χ1n) is 9.71. The average molecular weight is 459 g/mol. The largest absolute Gasteiger partial charge is 0.342 e. The molecule has 0 unspecified atom stereocenters. The van der Waals surface area contributed by atoms with Gasteiger partial charge in [-0.05, 0) is 74.2 Å². The van der Waals surface area contributed by atoms with E-state index in [2.05, 4.69) is 33.4 Å². The third-order valence-electron chi connectivity index (χ3n) is 5.28. The van der Waals surface area contributed by atoms with E-state index in [4.69, 9.17) is 0 Å². The van der Waals surface area contributed by atoms with Crippen LogP contribution >= 0.6 is 27.7 Å². The summed E-state index contributed by atoms with van der Waals surface area (Å²) in [7, 11) is 0. The topological polar surface area (TPSA) is 49.4 Å². The van der Waals surface area contributed by atoms with Gasteiger partial charge in [-0.2, -0.15) is 0 Å². The summed E-state index contributed by atoms with van der Waals surface area (Å²) >= 11 is 5.14. The number of amides is 2. The van der Waals surface area contributed by atoms with Crippen LogP contribution < -0.4 is 5.32 Å². The van der Waals surface area contributed by atoms with Gasteiger partial charge in [0.2, 0.25) is 11.8 Å². The SMILES string of the molecule is O=C(Nc1ccc(Sc2ccc(Br)cc2)cc1)C1CCN(C(=O)C2CC2)CC1. The van der Waals surface area contributed by atoms with E-state index in [0.29, 0.717) is 13.1 Å². The Hall–Kier alpha value is -1.79. The van der Waals surface area contributed by atoms with Crippen LogP contribution in [-0.2, 0) is 9.59 Å². The second-order valence-corrected chi connectivity index (χ2v) is 9.51. The number of carbonyl (C=O) groups is 2. The summed E-state index contributed by atoms with van der Waals surface area (Å²) in [5, 5.41) is 3.03. The summed E-state index contributed by atoms with van der Waals surface area (Å²) in [6.45, 7) is 1.41. The van der Waals surface area contributed by atoms with Crippen LogP contribution in [0, 0.1) is 11.8 Å². The number of hydrogen-bond donors (Lipinski definition) is 1. The molecule has 2 fully saturated rings. The number of anilines is 1. The maximum absolute atomic E-state index is 12.6. The number of hydrogen-bond acceptors (Lipinski definition) is 3. The number of carbonyl (C=O) groups excluding carboxylic acids is 2. The molecular weight excluding hydrogens is 436 g/mol. The van der Waals surface area contributed by atoms with Gasteiger partial charge in [-0.3, -0.25) is 9.59 Å². The Morgan fingerprint density at radius 1 is 0.857 bits per heavy atom. The van der Waals surface area contributed by atoms with Crippen molar-refractivity contribution < 1.29 is 9.59 Å². The van der Waals surface area contributed by atoms with Crippen molar-refractivity contribution in [1.82, 2.24) is 4.90 Å². The van der Waals surface area contributed by atoms with Crippen LogP contribution in [0.1, 0.15) is 25.7 Å². The lowest BCUT2D eigenvalue weighted by Gasteiger charge is -2.31. The minimum atomic E-state index is -0.0138. The molecule has 146 valence electrons. The zero-order valence-electron chi connectivity index (χ0n) is 15.6. The minimum absolute atomic E-state index is 0.0138. The van der Waals surface area contributed by atoms with Gasteiger partial charge in [0.1, 0.15) is 0 Å². The van der Waals surface area contributed by atoms with Gasteiger partial charge in [-0.15, -0.1) is 0 Å². The average Bonchev–Trinajstić information content (AvgIpc) is 3.56. The number of piperidine rings is 1. The van der Waals surface area contributed by atoms with Crippen LogP contribution in [0.5, 0.6) is 0 Å². The van der Waals surface area contributed by atoms with E-state index in [-0.39, 0.29) is 23.7 Å². The molecule has 0 spiro atoms. The molecule has 1 aliphatic carbocycles. The molecule has 1 heterocycles. The van der Waals surface area contributed by atoms with Crippen molar-refractivity contribution in [3.63, 3.8) is 0 Å². The van der Waals surface area contributed by atoms with Crippen molar-refractivity contribution in [2.24, 2.45) is 11.8 Å². The number of nitrogens with one attached hydrogen (secondary N) is 1. The first-order valence-corrected chi connectivity index (χ1v) is 11.3. The van der Waals surface area contributed by atoms with Crippen molar-refractivity contribution in [3.05, 3.63) is 53.0 Å². The molecule has 28 heavy (non-hydrogen) atoms. The van der Waals surface area contributed by atoms with Gasteiger partial charge < -0.3 is 10.2 Å². The molecule has 2 amide bonds. The van der Waals surface area contributed by atoms with Gasteiger partial charge in [-0.1, -0.05) is 27.7 Å². The zero-order chi connectivity index (χ0) is 19.5. The Labute approximate surface area is 178 Å². The van der Waals surface area contributed by atoms with Gasteiger partial charge in [-0.25, -0.2) is 0 Å². The first-order chi connectivity index (χ1) is 13.6. The zero-order valence-corrected chi connectivity index (χ0v) is 18.0. The molecule has 0 atom stereocenters. The van der Waals surface area contributed by atoms with Crippen LogP contribution in [0.3, 0.4) is 0 Å². The van der Waals surface area contributed by atoms with Crippen LogP contribution in [-0.4, -0.2) is 29.8 Å². The van der Waals surface area contributed by atoms with Crippen LogP contribution in [0.2, 0.25) is 0 Å². The monoisotopic (exact) mass is 458 g/mol. The summed E-state index contributed by atoms with van der Waals surface area (Å²) < 4.78 is 1.07. The molecule has 2 aromatic rings. The second-order valence-electron chi connectivity index (χ2n) is 7.44. The third kappa shape index (κ3) is 4.97. The maximum Gasteiger partial charge on any atom is 0.227 e. The van der Waals surface area contributed by atoms with Crippen molar-refractivity contribution in [1.29, 1.82) is 0 Å². The summed E-state index contributed by atoms with van der Waals surface area (Å²) in [5.41, 5.74) is 0.821. The summed E-state index contributed by atoms with van der Waals surface area (Å²) in [4.78, 5) is 28.9. The Morgan fingerprint density at radius 3 is 2.00 bits per heavy atom. The smallest absolute Gasteiger partial charge is 0.227 e. The molecule has 2 aromatic carbocycles. The molecule has 1 aliphatic heterocycles. The molecule has 1 saturated heterocycles. The maximum atomic E-state index is 12.6. The molecule has 4 nitrogen and oxygen atoms in total. The van der Waals surface area contributed by atoms with E-state index in [9.17, 15) is 9.59 Å². The second kappa shape index (κ2) is 8.70. The predicted molar refractivity (Wildman–Crippen MR) is 115 cm³/mol. The quantitative estimate of drug-likeness (QED) is 0.670. The van der Waals surface area contributed by atoms with Crippen molar-refractivity contribution in [2.75, 3.05) is 18.4 Å². The number of benzene rings is 2. The highest BCUT2D eigenvalue weighted by Gasteiger charge is 2.35. The Balaban J connectivity index is 1.27. The van der Waals surface area contributed by atoms with Gasteiger partial charge in [0.15, 0.2) is 0 Å². The van der Waals surface area contributed by atoms with Gasteiger partial charge in [0, 0.05) is 44.9 Å². The van der Waals surface area contributed by atoms with E-state index in [1.165, 1.54) is 4.90 Å².